The van der Waals surface area contributed by atoms with Gasteiger partial charge in [0.25, 0.3) is 0 Å². The molecule has 3 nitrogen and oxygen atoms in total. The summed E-state index contributed by atoms with van der Waals surface area (Å²) in [6.45, 7) is 1.29. The van der Waals surface area contributed by atoms with E-state index in [1.807, 2.05) is 42.0 Å². The maximum absolute atomic E-state index is 5.32. The molecule has 0 spiro atoms. The minimum absolute atomic E-state index is 0.583. The van der Waals surface area contributed by atoms with Crippen LogP contribution in [0.5, 0.6) is 0 Å². The Labute approximate surface area is 92.7 Å². The van der Waals surface area contributed by atoms with Crippen LogP contribution in [0, 0.1) is 0 Å². The lowest BCUT2D eigenvalue weighted by Crippen LogP contribution is -2.12. The van der Waals surface area contributed by atoms with Crippen LogP contribution in [0.3, 0.4) is 0 Å². The zero-order valence-corrected chi connectivity index (χ0v) is 9.04. The van der Waals surface area contributed by atoms with Crippen molar-refractivity contribution in [1.29, 1.82) is 0 Å². The fourth-order valence-electron chi connectivity index (χ4n) is 1.16. The Balaban J connectivity index is 1.68. The number of thiazole rings is 1. The third-order valence-corrected chi connectivity index (χ3v) is 2.69. The van der Waals surface area contributed by atoms with Gasteiger partial charge in [-0.2, -0.15) is 5.48 Å². The van der Waals surface area contributed by atoms with Crippen LogP contribution < -0.4 is 5.48 Å². The first-order valence-electron chi connectivity index (χ1n) is 4.71. The standard InChI is InChI=1S/C11H12N2OS/c1-2-4-10(5-3-1)8-14-13-7-11-6-12-9-15-11/h1-6,9,13H,7-8H2. The molecule has 0 unspecified atom stereocenters. The molecule has 1 heterocycles. The van der Waals surface area contributed by atoms with Gasteiger partial charge in [0.1, 0.15) is 0 Å². The molecular weight excluding hydrogens is 208 g/mol. The summed E-state index contributed by atoms with van der Waals surface area (Å²) in [5, 5.41) is 0. The lowest BCUT2D eigenvalue weighted by atomic mass is 10.2. The van der Waals surface area contributed by atoms with Crippen molar-refractivity contribution in [2.24, 2.45) is 0 Å². The van der Waals surface area contributed by atoms with E-state index in [1.165, 1.54) is 4.88 Å². The molecule has 0 aliphatic heterocycles. The average Bonchev–Trinajstić information content (AvgIpc) is 2.79. The fourth-order valence-corrected chi connectivity index (χ4v) is 1.68. The first kappa shape index (κ1) is 10.3. The third kappa shape index (κ3) is 3.43. The van der Waals surface area contributed by atoms with Gasteiger partial charge in [-0.3, -0.25) is 9.82 Å². The smallest absolute Gasteiger partial charge is 0.0933 e. The van der Waals surface area contributed by atoms with Gasteiger partial charge >= 0.3 is 0 Å². The molecule has 2 aromatic rings. The van der Waals surface area contributed by atoms with E-state index in [4.69, 9.17) is 4.84 Å². The van der Waals surface area contributed by atoms with Crippen molar-refractivity contribution in [2.75, 3.05) is 0 Å². The molecule has 0 aliphatic rings. The van der Waals surface area contributed by atoms with Gasteiger partial charge in [-0.05, 0) is 5.56 Å². The molecule has 1 aromatic carbocycles. The van der Waals surface area contributed by atoms with E-state index in [0.29, 0.717) is 13.2 Å². The zero-order valence-electron chi connectivity index (χ0n) is 8.22. The number of aromatic nitrogens is 1. The van der Waals surface area contributed by atoms with E-state index in [0.717, 1.165) is 5.56 Å². The maximum Gasteiger partial charge on any atom is 0.0933 e. The number of hydrogen-bond acceptors (Lipinski definition) is 4. The molecule has 2 rings (SSSR count). The first-order chi connectivity index (χ1) is 7.45. The van der Waals surface area contributed by atoms with Gasteiger partial charge in [-0.25, -0.2) is 0 Å². The van der Waals surface area contributed by atoms with Gasteiger partial charge in [-0.15, -0.1) is 11.3 Å². The van der Waals surface area contributed by atoms with Crippen LogP contribution in [0.4, 0.5) is 0 Å². The zero-order chi connectivity index (χ0) is 10.3. The summed E-state index contributed by atoms with van der Waals surface area (Å²) in [5.74, 6) is 0. The second kappa shape index (κ2) is 5.60. The predicted molar refractivity (Wildman–Crippen MR) is 60.2 cm³/mol. The van der Waals surface area contributed by atoms with Crippen LogP contribution in [-0.2, 0) is 18.0 Å². The molecule has 0 saturated heterocycles. The molecule has 15 heavy (non-hydrogen) atoms. The molecule has 0 fully saturated rings. The van der Waals surface area contributed by atoms with Crippen LogP contribution >= 0.6 is 11.3 Å². The van der Waals surface area contributed by atoms with E-state index in [1.54, 1.807) is 11.3 Å². The van der Waals surface area contributed by atoms with Crippen molar-refractivity contribution < 1.29 is 4.84 Å². The fraction of sp³-hybridized carbons (Fsp3) is 0.182. The minimum atomic E-state index is 0.583. The highest BCUT2D eigenvalue weighted by molar-refractivity contribution is 7.09. The predicted octanol–water partition coefficient (Wildman–Crippen LogP) is 2.36. The Hall–Kier alpha value is -1.23. The number of rotatable bonds is 5. The molecule has 0 amide bonds. The lowest BCUT2D eigenvalue weighted by molar-refractivity contribution is 0.0240. The summed E-state index contributed by atoms with van der Waals surface area (Å²) in [6.07, 6.45) is 1.84. The molecule has 0 aliphatic carbocycles. The Morgan fingerprint density at radius 1 is 1.27 bits per heavy atom. The van der Waals surface area contributed by atoms with E-state index >= 15 is 0 Å². The maximum atomic E-state index is 5.32. The number of hydroxylamine groups is 1. The first-order valence-corrected chi connectivity index (χ1v) is 5.59. The highest BCUT2D eigenvalue weighted by Gasteiger charge is 1.94. The molecule has 0 radical (unpaired) electrons. The largest absolute Gasteiger partial charge is 0.297 e. The molecule has 0 bridgehead atoms. The monoisotopic (exact) mass is 220 g/mol. The summed E-state index contributed by atoms with van der Waals surface area (Å²) < 4.78 is 0. The Kier molecular flexibility index (Phi) is 3.84. The van der Waals surface area contributed by atoms with Gasteiger partial charge in [0.05, 0.1) is 18.7 Å². The second-order valence-corrected chi connectivity index (χ2v) is 4.03. The number of nitrogens with one attached hydrogen (secondary N) is 1. The number of benzene rings is 1. The van der Waals surface area contributed by atoms with Crippen molar-refractivity contribution in [3.8, 4) is 0 Å². The van der Waals surface area contributed by atoms with Crippen LogP contribution in [0.15, 0.2) is 42.0 Å². The number of nitrogens with zero attached hydrogens (tertiary/aromatic N) is 1. The quantitative estimate of drug-likeness (QED) is 0.620. The van der Waals surface area contributed by atoms with Crippen molar-refractivity contribution in [1.82, 2.24) is 10.5 Å². The average molecular weight is 220 g/mol. The summed E-state index contributed by atoms with van der Waals surface area (Å²) in [4.78, 5) is 10.5. The Morgan fingerprint density at radius 2 is 2.13 bits per heavy atom. The topological polar surface area (TPSA) is 34.1 Å². The highest BCUT2D eigenvalue weighted by atomic mass is 32.1. The highest BCUT2D eigenvalue weighted by Crippen LogP contribution is 2.04. The van der Waals surface area contributed by atoms with E-state index < -0.39 is 0 Å². The summed E-state index contributed by atoms with van der Waals surface area (Å²) in [6, 6.07) is 10.1. The molecule has 0 atom stereocenters. The Bertz CT molecular complexity index is 375. The van der Waals surface area contributed by atoms with Crippen LogP contribution in [0.2, 0.25) is 0 Å². The van der Waals surface area contributed by atoms with Crippen molar-refractivity contribution >= 4 is 11.3 Å². The SMILES string of the molecule is c1ccc(CONCc2cncs2)cc1. The van der Waals surface area contributed by atoms with E-state index in [9.17, 15) is 0 Å². The summed E-state index contributed by atoms with van der Waals surface area (Å²) in [5.41, 5.74) is 5.88. The van der Waals surface area contributed by atoms with Gasteiger partial charge in [0.15, 0.2) is 0 Å². The van der Waals surface area contributed by atoms with Crippen molar-refractivity contribution in [3.63, 3.8) is 0 Å². The number of hydrogen-bond donors (Lipinski definition) is 1. The third-order valence-electron chi connectivity index (χ3n) is 1.91. The van der Waals surface area contributed by atoms with Crippen LogP contribution in [0.25, 0.3) is 0 Å². The summed E-state index contributed by atoms with van der Waals surface area (Å²) in [7, 11) is 0. The summed E-state index contributed by atoms with van der Waals surface area (Å²) >= 11 is 1.62. The second-order valence-electron chi connectivity index (χ2n) is 3.06. The Morgan fingerprint density at radius 3 is 2.87 bits per heavy atom. The molecule has 1 aromatic heterocycles. The molecule has 4 heteroatoms. The lowest BCUT2D eigenvalue weighted by Gasteiger charge is -2.03. The van der Waals surface area contributed by atoms with Gasteiger partial charge in [0, 0.05) is 11.1 Å². The molecule has 0 saturated carbocycles. The van der Waals surface area contributed by atoms with Crippen LogP contribution in [-0.4, -0.2) is 4.98 Å². The van der Waals surface area contributed by atoms with Crippen LogP contribution in [0.1, 0.15) is 10.4 Å². The molecular formula is C11H12N2OS. The van der Waals surface area contributed by atoms with Gasteiger partial charge < -0.3 is 0 Å². The van der Waals surface area contributed by atoms with Gasteiger partial charge in [-0.1, -0.05) is 30.3 Å². The molecule has 78 valence electrons. The normalized spacial score (nSPS) is 10.4. The van der Waals surface area contributed by atoms with Crippen molar-refractivity contribution in [3.05, 3.63) is 52.5 Å². The van der Waals surface area contributed by atoms with E-state index in [-0.39, 0.29) is 0 Å². The van der Waals surface area contributed by atoms with Crippen molar-refractivity contribution in [2.45, 2.75) is 13.2 Å². The molecule has 1 N–H and O–H groups in total. The van der Waals surface area contributed by atoms with Gasteiger partial charge in [0.2, 0.25) is 0 Å². The minimum Gasteiger partial charge on any atom is -0.297 e. The van der Waals surface area contributed by atoms with E-state index in [2.05, 4.69) is 10.5 Å².